The van der Waals surface area contributed by atoms with Gasteiger partial charge in [0.2, 0.25) is 0 Å². The van der Waals surface area contributed by atoms with Crippen LogP contribution in [-0.2, 0) is 9.53 Å². The normalized spacial score (nSPS) is 37.8. The molecule has 1 aromatic carbocycles. The number of aliphatic hydroxyl groups excluding tert-OH is 1. The fraction of sp³-hybridized carbons (Fsp3) is 0.682. The number of rotatable bonds is 4. The highest BCUT2D eigenvalue weighted by atomic mass is 16.5. The summed E-state index contributed by atoms with van der Waals surface area (Å²) in [6.07, 6.45) is 7.65. The minimum atomic E-state index is -0.513. The predicted molar refractivity (Wildman–Crippen MR) is 97.2 cm³/mol. The summed E-state index contributed by atoms with van der Waals surface area (Å²) < 4.78 is 5.48. The molecule has 2 saturated carbocycles. The Labute approximate surface area is 150 Å². The maximum absolute atomic E-state index is 11.6. The van der Waals surface area contributed by atoms with E-state index in [0.717, 1.165) is 24.7 Å². The number of carbonyl (C=O) groups excluding carboxylic acids is 1. The standard InChI is InChI=1S/C22H30O3/c1-14-2-5-16(6-3-14)21-11-15-4-7-17(10-15)20(21)9-8-19-12-18(23)13-22(24)25-19/h2-3,5-6,15,17-21,23H,4,7-13H2,1H3. The number of hydrogen-bond acceptors (Lipinski definition) is 3. The van der Waals surface area contributed by atoms with Crippen molar-refractivity contribution in [3.63, 3.8) is 0 Å². The van der Waals surface area contributed by atoms with E-state index in [0.29, 0.717) is 18.3 Å². The van der Waals surface area contributed by atoms with Crippen molar-refractivity contribution in [3.8, 4) is 0 Å². The number of carbonyl (C=O) groups is 1. The van der Waals surface area contributed by atoms with Gasteiger partial charge in [0, 0.05) is 6.42 Å². The van der Waals surface area contributed by atoms with Crippen LogP contribution in [0.2, 0.25) is 0 Å². The van der Waals surface area contributed by atoms with Gasteiger partial charge in [-0.25, -0.2) is 0 Å². The molecule has 2 bridgehead atoms. The fourth-order valence-electron chi connectivity index (χ4n) is 5.63. The molecule has 25 heavy (non-hydrogen) atoms. The number of aliphatic hydroxyl groups is 1. The van der Waals surface area contributed by atoms with Crippen molar-refractivity contribution < 1.29 is 14.6 Å². The molecule has 136 valence electrons. The Bertz CT molecular complexity index is 608. The average Bonchev–Trinajstić information content (AvgIpc) is 2.96. The van der Waals surface area contributed by atoms with Crippen LogP contribution in [0.25, 0.3) is 0 Å². The first kappa shape index (κ1) is 17.1. The first-order valence-electron chi connectivity index (χ1n) is 10.0. The number of ether oxygens (including phenoxy) is 1. The lowest BCUT2D eigenvalue weighted by Crippen LogP contribution is -2.34. The molecule has 6 unspecified atom stereocenters. The van der Waals surface area contributed by atoms with E-state index in [2.05, 4.69) is 31.2 Å². The van der Waals surface area contributed by atoms with Gasteiger partial charge < -0.3 is 9.84 Å². The predicted octanol–water partition coefficient (Wildman–Crippen LogP) is 4.36. The van der Waals surface area contributed by atoms with Crippen molar-refractivity contribution in [2.75, 3.05) is 0 Å². The SMILES string of the molecule is Cc1ccc(C2CC3CCC(C3)C2CCC2CC(O)CC(=O)O2)cc1. The highest BCUT2D eigenvalue weighted by molar-refractivity contribution is 5.70. The van der Waals surface area contributed by atoms with Crippen LogP contribution in [-0.4, -0.2) is 23.3 Å². The van der Waals surface area contributed by atoms with Gasteiger partial charge in [-0.3, -0.25) is 4.79 Å². The summed E-state index contributed by atoms with van der Waals surface area (Å²) in [6.45, 7) is 2.15. The molecule has 1 saturated heterocycles. The first-order valence-corrected chi connectivity index (χ1v) is 10.0. The van der Waals surface area contributed by atoms with Crippen molar-refractivity contribution in [1.82, 2.24) is 0 Å². The van der Waals surface area contributed by atoms with Crippen LogP contribution in [0, 0.1) is 24.7 Å². The van der Waals surface area contributed by atoms with Gasteiger partial charge >= 0.3 is 5.97 Å². The summed E-state index contributed by atoms with van der Waals surface area (Å²) in [5.74, 6) is 2.84. The third-order valence-electron chi connectivity index (χ3n) is 6.85. The Morgan fingerprint density at radius 1 is 1.08 bits per heavy atom. The van der Waals surface area contributed by atoms with E-state index in [1.54, 1.807) is 0 Å². The summed E-state index contributed by atoms with van der Waals surface area (Å²) in [7, 11) is 0. The van der Waals surface area contributed by atoms with Crippen LogP contribution in [0.3, 0.4) is 0 Å². The Morgan fingerprint density at radius 3 is 2.64 bits per heavy atom. The molecule has 2 aliphatic carbocycles. The van der Waals surface area contributed by atoms with Crippen molar-refractivity contribution in [1.29, 1.82) is 0 Å². The summed E-state index contributed by atoms with van der Waals surface area (Å²) in [5.41, 5.74) is 2.81. The van der Waals surface area contributed by atoms with Crippen LogP contribution < -0.4 is 0 Å². The molecule has 4 rings (SSSR count). The highest BCUT2D eigenvalue weighted by Gasteiger charge is 2.42. The quantitative estimate of drug-likeness (QED) is 0.827. The summed E-state index contributed by atoms with van der Waals surface area (Å²) in [6, 6.07) is 9.12. The highest BCUT2D eigenvalue weighted by Crippen LogP contribution is 2.53. The molecule has 0 radical (unpaired) electrons. The van der Waals surface area contributed by atoms with Crippen LogP contribution in [0.5, 0.6) is 0 Å². The molecule has 3 nitrogen and oxygen atoms in total. The second kappa shape index (κ2) is 7.11. The van der Waals surface area contributed by atoms with Crippen LogP contribution >= 0.6 is 0 Å². The van der Waals surface area contributed by atoms with Gasteiger partial charge in [0.25, 0.3) is 0 Å². The smallest absolute Gasteiger partial charge is 0.308 e. The molecular weight excluding hydrogens is 312 g/mol. The maximum Gasteiger partial charge on any atom is 0.308 e. The second-order valence-corrected chi connectivity index (χ2v) is 8.64. The van der Waals surface area contributed by atoms with E-state index >= 15 is 0 Å². The van der Waals surface area contributed by atoms with Crippen LogP contribution in [0.15, 0.2) is 24.3 Å². The Morgan fingerprint density at radius 2 is 1.88 bits per heavy atom. The summed E-state index contributed by atoms with van der Waals surface area (Å²) >= 11 is 0. The van der Waals surface area contributed by atoms with E-state index in [9.17, 15) is 9.90 Å². The van der Waals surface area contributed by atoms with Gasteiger partial charge in [0.05, 0.1) is 12.5 Å². The van der Waals surface area contributed by atoms with Gasteiger partial charge in [0.1, 0.15) is 6.10 Å². The Kier molecular flexibility index (Phi) is 4.86. The van der Waals surface area contributed by atoms with Gasteiger partial charge in [-0.05, 0) is 68.3 Å². The third-order valence-corrected chi connectivity index (χ3v) is 6.85. The molecule has 3 heteroatoms. The van der Waals surface area contributed by atoms with Gasteiger partial charge in [0.15, 0.2) is 0 Å². The molecule has 3 fully saturated rings. The van der Waals surface area contributed by atoms with Gasteiger partial charge in [-0.15, -0.1) is 0 Å². The molecule has 3 aliphatic rings. The summed E-state index contributed by atoms with van der Waals surface area (Å²) in [5, 5.41) is 9.85. The van der Waals surface area contributed by atoms with Crippen molar-refractivity contribution in [2.24, 2.45) is 17.8 Å². The van der Waals surface area contributed by atoms with Crippen LogP contribution in [0.4, 0.5) is 0 Å². The number of benzene rings is 1. The molecule has 6 atom stereocenters. The van der Waals surface area contributed by atoms with Crippen molar-refractivity contribution in [2.45, 2.75) is 76.4 Å². The molecule has 0 spiro atoms. The third kappa shape index (κ3) is 3.76. The number of aryl methyl sites for hydroxylation is 1. The number of cyclic esters (lactones) is 1. The van der Waals surface area contributed by atoms with E-state index in [4.69, 9.17) is 4.74 Å². The molecule has 1 heterocycles. The van der Waals surface area contributed by atoms with E-state index < -0.39 is 6.10 Å². The lowest BCUT2D eigenvalue weighted by atomic mass is 9.67. The zero-order valence-electron chi connectivity index (χ0n) is 15.2. The second-order valence-electron chi connectivity index (χ2n) is 8.64. The maximum atomic E-state index is 11.6. The lowest BCUT2D eigenvalue weighted by molar-refractivity contribution is -0.160. The van der Waals surface area contributed by atoms with Gasteiger partial charge in [-0.2, -0.15) is 0 Å². The minimum absolute atomic E-state index is 0.0888. The van der Waals surface area contributed by atoms with E-state index in [1.165, 1.54) is 36.8 Å². The minimum Gasteiger partial charge on any atom is -0.462 e. The largest absolute Gasteiger partial charge is 0.462 e. The van der Waals surface area contributed by atoms with Crippen LogP contribution in [0.1, 0.15) is 68.4 Å². The number of fused-ring (bicyclic) bond motifs is 2. The zero-order valence-corrected chi connectivity index (χ0v) is 15.2. The zero-order chi connectivity index (χ0) is 17.4. The fourth-order valence-corrected chi connectivity index (χ4v) is 5.63. The molecule has 1 aromatic rings. The van der Waals surface area contributed by atoms with Crippen molar-refractivity contribution >= 4 is 5.97 Å². The van der Waals surface area contributed by atoms with E-state index in [-0.39, 0.29) is 18.5 Å². The molecule has 0 aromatic heterocycles. The molecule has 0 amide bonds. The lowest BCUT2D eigenvalue weighted by Gasteiger charge is -2.38. The van der Waals surface area contributed by atoms with Gasteiger partial charge in [-0.1, -0.05) is 36.2 Å². The molecule has 1 aliphatic heterocycles. The topological polar surface area (TPSA) is 46.5 Å². The Hall–Kier alpha value is -1.35. The first-order chi connectivity index (χ1) is 12.1. The number of hydrogen-bond donors (Lipinski definition) is 1. The molecular formula is C22H30O3. The summed E-state index contributed by atoms with van der Waals surface area (Å²) in [4.78, 5) is 11.6. The van der Waals surface area contributed by atoms with Crippen molar-refractivity contribution in [3.05, 3.63) is 35.4 Å². The van der Waals surface area contributed by atoms with E-state index in [1.807, 2.05) is 0 Å². The number of esters is 1. The molecule has 1 N–H and O–H groups in total. The monoisotopic (exact) mass is 342 g/mol. The average molecular weight is 342 g/mol. The Balaban J connectivity index is 1.46.